The highest BCUT2D eigenvalue weighted by molar-refractivity contribution is 8.00. The Balaban J connectivity index is 1.29. The number of rotatable bonds is 10. The van der Waals surface area contributed by atoms with E-state index >= 15 is 0 Å². The van der Waals surface area contributed by atoms with Crippen molar-refractivity contribution in [3.63, 3.8) is 0 Å². The molecule has 0 aliphatic rings. The van der Waals surface area contributed by atoms with E-state index in [9.17, 15) is 14.4 Å². The minimum Gasteiger partial charge on any atom is -0.325 e. The topological polar surface area (TPSA) is 87.3 Å². The largest absolute Gasteiger partial charge is 0.325 e. The van der Waals surface area contributed by atoms with E-state index in [4.69, 9.17) is 0 Å². The van der Waals surface area contributed by atoms with Gasteiger partial charge in [0, 0.05) is 21.8 Å². The van der Waals surface area contributed by atoms with Crippen molar-refractivity contribution < 1.29 is 14.4 Å². The van der Waals surface area contributed by atoms with Gasteiger partial charge in [-0.05, 0) is 72.2 Å². The second kappa shape index (κ2) is 14.7. The zero-order valence-corrected chi connectivity index (χ0v) is 24.9. The van der Waals surface area contributed by atoms with E-state index in [0.29, 0.717) is 11.3 Å². The Morgan fingerprint density at radius 1 is 0.659 bits per heavy atom. The van der Waals surface area contributed by atoms with Crippen LogP contribution in [0.5, 0.6) is 0 Å². The molecule has 0 aromatic heterocycles. The van der Waals surface area contributed by atoms with Crippen LogP contribution in [0.1, 0.15) is 21.5 Å². The first-order valence-electron chi connectivity index (χ1n) is 14.1. The molecular weight excluding hydrogens is 566 g/mol. The zero-order valence-electron chi connectivity index (χ0n) is 24.1. The summed E-state index contributed by atoms with van der Waals surface area (Å²) in [6.07, 6.45) is 1.65. The maximum atomic E-state index is 13.5. The van der Waals surface area contributed by atoms with Crippen LogP contribution in [0.2, 0.25) is 0 Å². The lowest BCUT2D eigenvalue weighted by molar-refractivity contribution is -0.114. The van der Waals surface area contributed by atoms with E-state index < -0.39 is 11.8 Å². The molecule has 0 unspecified atom stereocenters. The summed E-state index contributed by atoms with van der Waals surface area (Å²) in [7, 11) is 0. The summed E-state index contributed by atoms with van der Waals surface area (Å²) in [5, 5.41) is 8.57. The first kappa shape index (κ1) is 30.1. The van der Waals surface area contributed by atoms with Gasteiger partial charge in [-0.1, -0.05) is 96.6 Å². The average Bonchev–Trinajstić information content (AvgIpc) is 3.06. The highest BCUT2D eigenvalue weighted by atomic mass is 32.2. The first-order valence-corrected chi connectivity index (χ1v) is 15.1. The Morgan fingerprint density at radius 3 is 2.02 bits per heavy atom. The standard InChI is InChI=1S/C37H31N3O3S/c1-26-15-21-31(22-16-26)38-35(41)25-44-33-14-8-13-32(24-33)39-37(43)34(40-36(42)30-11-6-3-7-12-30)23-27-17-19-29(20-18-27)28-9-4-2-5-10-28/h2-24H,25H2,1H3,(H,38,41)(H,39,43)(H,40,42)/b34-23+. The number of nitrogens with one attached hydrogen (secondary N) is 3. The van der Waals surface area contributed by atoms with Crippen LogP contribution in [-0.2, 0) is 9.59 Å². The molecule has 0 bridgehead atoms. The molecule has 0 aliphatic heterocycles. The van der Waals surface area contributed by atoms with Crippen LogP contribution in [0, 0.1) is 6.92 Å². The van der Waals surface area contributed by atoms with Crippen LogP contribution in [0.25, 0.3) is 17.2 Å². The molecule has 0 saturated heterocycles. The van der Waals surface area contributed by atoms with Gasteiger partial charge in [-0.25, -0.2) is 0 Å². The lowest BCUT2D eigenvalue weighted by Gasteiger charge is -2.12. The summed E-state index contributed by atoms with van der Waals surface area (Å²) in [4.78, 5) is 39.8. The van der Waals surface area contributed by atoms with Crippen molar-refractivity contribution in [2.45, 2.75) is 11.8 Å². The number of benzene rings is 5. The van der Waals surface area contributed by atoms with Gasteiger partial charge >= 0.3 is 0 Å². The fourth-order valence-electron chi connectivity index (χ4n) is 4.36. The van der Waals surface area contributed by atoms with Crippen LogP contribution >= 0.6 is 11.8 Å². The SMILES string of the molecule is Cc1ccc(NC(=O)CSc2cccc(NC(=O)/C(=C\c3ccc(-c4ccccc4)cc3)NC(=O)c3ccccc3)c2)cc1. The second-order valence-corrected chi connectivity index (χ2v) is 11.1. The molecule has 44 heavy (non-hydrogen) atoms. The van der Waals surface area contributed by atoms with Gasteiger partial charge in [-0.15, -0.1) is 11.8 Å². The summed E-state index contributed by atoms with van der Waals surface area (Å²) in [5.41, 5.74) is 5.83. The number of amides is 3. The van der Waals surface area contributed by atoms with Crippen molar-refractivity contribution in [1.29, 1.82) is 0 Å². The zero-order chi connectivity index (χ0) is 30.7. The van der Waals surface area contributed by atoms with E-state index in [1.165, 1.54) is 11.8 Å². The van der Waals surface area contributed by atoms with Gasteiger partial charge in [0.15, 0.2) is 0 Å². The monoisotopic (exact) mass is 597 g/mol. The fourth-order valence-corrected chi connectivity index (χ4v) is 5.11. The number of thioether (sulfide) groups is 1. The summed E-state index contributed by atoms with van der Waals surface area (Å²) < 4.78 is 0. The maximum absolute atomic E-state index is 13.5. The predicted molar refractivity (Wildman–Crippen MR) is 179 cm³/mol. The molecule has 0 saturated carbocycles. The lowest BCUT2D eigenvalue weighted by Crippen LogP contribution is -2.30. The van der Waals surface area contributed by atoms with Crippen LogP contribution in [0.4, 0.5) is 11.4 Å². The van der Waals surface area contributed by atoms with E-state index in [1.807, 2.05) is 104 Å². The summed E-state index contributed by atoms with van der Waals surface area (Å²) >= 11 is 1.36. The van der Waals surface area contributed by atoms with E-state index in [0.717, 1.165) is 32.8 Å². The Bertz CT molecular complexity index is 1770. The van der Waals surface area contributed by atoms with Gasteiger partial charge in [0.05, 0.1) is 5.75 Å². The molecule has 0 fully saturated rings. The number of anilines is 2. The van der Waals surface area contributed by atoms with Crippen LogP contribution in [0.15, 0.2) is 144 Å². The third-order valence-corrected chi connectivity index (χ3v) is 7.65. The Morgan fingerprint density at radius 2 is 1.32 bits per heavy atom. The smallest absolute Gasteiger partial charge is 0.272 e. The van der Waals surface area contributed by atoms with E-state index in [1.54, 1.807) is 42.5 Å². The molecule has 0 heterocycles. The first-order chi connectivity index (χ1) is 21.4. The average molecular weight is 598 g/mol. The van der Waals surface area contributed by atoms with E-state index in [2.05, 4.69) is 16.0 Å². The van der Waals surface area contributed by atoms with Crippen molar-refractivity contribution in [3.8, 4) is 11.1 Å². The molecule has 3 N–H and O–H groups in total. The number of hydrogen-bond acceptors (Lipinski definition) is 4. The summed E-state index contributed by atoms with van der Waals surface area (Å²) in [5.74, 6) is -0.777. The highest BCUT2D eigenvalue weighted by Crippen LogP contribution is 2.23. The molecule has 7 heteroatoms. The Kier molecular flexibility index (Phi) is 10.0. The van der Waals surface area contributed by atoms with Gasteiger partial charge < -0.3 is 16.0 Å². The third kappa shape index (κ3) is 8.56. The van der Waals surface area contributed by atoms with Crippen LogP contribution in [-0.4, -0.2) is 23.5 Å². The van der Waals surface area contributed by atoms with Crippen molar-refractivity contribution in [3.05, 3.63) is 156 Å². The second-order valence-electron chi connectivity index (χ2n) is 10.1. The molecule has 0 radical (unpaired) electrons. The number of hydrogen-bond donors (Lipinski definition) is 3. The molecule has 0 aliphatic carbocycles. The molecule has 0 spiro atoms. The molecule has 218 valence electrons. The van der Waals surface area contributed by atoms with Gasteiger partial charge in [-0.2, -0.15) is 0 Å². The number of aryl methyl sites for hydroxylation is 1. The highest BCUT2D eigenvalue weighted by Gasteiger charge is 2.16. The minimum absolute atomic E-state index is 0.0989. The summed E-state index contributed by atoms with van der Waals surface area (Å²) in [6.45, 7) is 1.99. The van der Waals surface area contributed by atoms with Gasteiger partial charge in [-0.3, -0.25) is 14.4 Å². The molecule has 5 aromatic carbocycles. The maximum Gasteiger partial charge on any atom is 0.272 e. The van der Waals surface area contributed by atoms with Crippen molar-refractivity contribution >= 4 is 46.9 Å². The van der Waals surface area contributed by atoms with Gasteiger partial charge in [0.2, 0.25) is 5.91 Å². The van der Waals surface area contributed by atoms with Gasteiger partial charge in [0.1, 0.15) is 5.70 Å². The number of carbonyl (C=O) groups excluding carboxylic acids is 3. The molecule has 6 nitrogen and oxygen atoms in total. The fraction of sp³-hybridized carbons (Fsp3) is 0.0541. The molecule has 0 atom stereocenters. The van der Waals surface area contributed by atoms with Crippen molar-refractivity contribution in [1.82, 2.24) is 5.32 Å². The normalized spacial score (nSPS) is 11.0. The predicted octanol–water partition coefficient (Wildman–Crippen LogP) is 7.80. The van der Waals surface area contributed by atoms with Crippen molar-refractivity contribution in [2.75, 3.05) is 16.4 Å². The molecule has 5 aromatic rings. The molecule has 3 amide bonds. The number of carbonyl (C=O) groups is 3. The summed E-state index contributed by atoms with van der Waals surface area (Å²) in [6, 6.07) is 41.4. The van der Waals surface area contributed by atoms with Crippen LogP contribution < -0.4 is 16.0 Å². The third-order valence-electron chi connectivity index (χ3n) is 6.65. The lowest BCUT2D eigenvalue weighted by atomic mass is 10.0. The molecule has 5 rings (SSSR count). The Hall–Kier alpha value is -5.40. The van der Waals surface area contributed by atoms with Crippen molar-refractivity contribution in [2.24, 2.45) is 0 Å². The van der Waals surface area contributed by atoms with E-state index in [-0.39, 0.29) is 17.4 Å². The Labute approximate surface area is 261 Å². The minimum atomic E-state index is -0.472. The van der Waals surface area contributed by atoms with Crippen LogP contribution in [0.3, 0.4) is 0 Å². The van der Waals surface area contributed by atoms with Gasteiger partial charge in [0.25, 0.3) is 11.8 Å². The molecular formula is C37H31N3O3S. The quantitative estimate of drug-likeness (QED) is 0.113.